The first-order valence-electron chi connectivity index (χ1n) is 5.49. The smallest absolute Gasteiger partial charge is 0.335 e. The van der Waals surface area contributed by atoms with Crippen molar-refractivity contribution in [3.05, 3.63) is 36.2 Å². The molecule has 1 heterocycles. The maximum atomic E-state index is 10.8. The SMILES string of the molecule is O=C(O)c1ccc(-c2ncnn2C2CC2)cc1. The van der Waals surface area contributed by atoms with Gasteiger partial charge in [0.15, 0.2) is 5.82 Å². The van der Waals surface area contributed by atoms with Gasteiger partial charge >= 0.3 is 5.97 Å². The van der Waals surface area contributed by atoms with Crippen molar-refractivity contribution < 1.29 is 9.90 Å². The van der Waals surface area contributed by atoms with Crippen LogP contribution in [0.4, 0.5) is 0 Å². The molecule has 5 heteroatoms. The molecule has 0 radical (unpaired) electrons. The lowest BCUT2D eigenvalue weighted by Gasteiger charge is -2.04. The molecular weight excluding hydrogens is 218 g/mol. The number of carboxylic acids is 1. The Bertz CT molecular complexity index is 555. The zero-order valence-corrected chi connectivity index (χ0v) is 9.08. The van der Waals surface area contributed by atoms with Gasteiger partial charge < -0.3 is 5.11 Å². The predicted molar refractivity (Wildman–Crippen MR) is 60.7 cm³/mol. The molecule has 86 valence electrons. The molecule has 0 spiro atoms. The van der Waals surface area contributed by atoms with Crippen LogP contribution < -0.4 is 0 Å². The van der Waals surface area contributed by atoms with Gasteiger partial charge in [-0.05, 0) is 25.0 Å². The molecule has 0 saturated heterocycles. The molecule has 0 bridgehead atoms. The Hall–Kier alpha value is -2.17. The lowest BCUT2D eigenvalue weighted by atomic mass is 10.1. The largest absolute Gasteiger partial charge is 0.478 e. The highest BCUT2D eigenvalue weighted by Gasteiger charge is 2.27. The summed E-state index contributed by atoms with van der Waals surface area (Å²) in [7, 11) is 0. The van der Waals surface area contributed by atoms with Crippen LogP contribution in [0, 0.1) is 0 Å². The first kappa shape index (κ1) is 10.0. The second-order valence-electron chi connectivity index (χ2n) is 4.14. The van der Waals surface area contributed by atoms with E-state index in [4.69, 9.17) is 5.11 Å². The third kappa shape index (κ3) is 1.80. The number of hydrogen-bond acceptors (Lipinski definition) is 3. The van der Waals surface area contributed by atoms with Crippen LogP contribution in [0.15, 0.2) is 30.6 Å². The van der Waals surface area contributed by atoms with Crippen molar-refractivity contribution in [3.63, 3.8) is 0 Å². The van der Waals surface area contributed by atoms with Crippen molar-refractivity contribution in [2.24, 2.45) is 0 Å². The number of nitrogens with zero attached hydrogens (tertiary/aromatic N) is 3. The third-order valence-corrected chi connectivity index (χ3v) is 2.86. The molecule has 0 aliphatic heterocycles. The van der Waals surface area contributed by atoms with Crippen LogP contribution in [0.1, 0.15) is 29.2 Å². The van der Waals surface area contributed by atoms with Crippen molar-refractivity contribution in [3.8, 4) is 11.4 Å². The zero-order chi connectivity index (χ0) is 11.8. The van der Waals surface area contributed by atoms with Gasteiger partial charge in [0.05, 0.1) is 11.6 Å². The van der Waals surface area contributed by atoms with E-state index in [1.807, 2.05) is 4.68 Å². The monoisotopic (exact) mass is 229 g/mol. The molecule has 0 unspecified atom stereocenters. The lowest BCUT2D eigenvalue weighted by molar-refractivity contribution is 0.0697. The number of benzene rings is 1. The highest BCUT2D eigenvalue weighted by atomic mass is 16.4. The Morgan fingerprint density at radius 1 is 1.29 bits per heavy atom. The Kier molecular flexibility index (Phi) is 2.18. The zero-order valence-electron chi connectivity index (χ0n) is 9.08. The topological polar surface area (TPSA) is 68.0 Å². The highest BCUT2D eigenvalue weighted by molar-refractivity contribution is 5.88. The van der Waals surface area contributed by atoms with Crippen molar-refractivity contribution in [1.82, 2.24) is 14.8 Å². The molecule has 1 N–H and O–H groups in total. The van der Waals surface area contributed by atoms with Crippen LogP contribution in [0.3, 0.4) is 0 Å². The van der Waals surface area contributed by atoms with E-state index in [0.717, 1.165) is 24.2 Å². The maximum absolute atomic E-state index is 10.8. The molecule has 3 rings (SSSR count). The van der Waals surface area contributed by atoms with E-state index in [-0.39, 0.29) is 5.56 Å². The van der Waals surface area contributed by atoms with E-state index in [1.165, 1.54) is 0 Å². The van der Waals surface area contributed by atoms with Crippen molar-refractivity contribution in [1.29, 1.82) is 0 Å². The molecule has 0 atom stereocenters. The van der Waals surface area contributed by atoms with Gasteiger partial charge in [0, 0.05) is 5.56 Å². The van der Waals surface area contributed by atoms with Crippen LogP contribution >= 0.6 is 0 Å². The second-order valence-corrected chi connectivity index (χ2v) is 4.14. The lowest BCUT2D eigenvalue weighted by Crippen LogP contribution is -2.00. The fraction of sp³-hybridized carbons (Fsp3) is 0.250. The molecule has 17 heavy (non-hydrogen) atoms. The average molecular weight is 229 g/mol. The third-order valence-electron chi connectivity index (χ3n) is 2.86. The minimum absolute atomic E-state index is 0.284. The van der Waals surface area contributed by atoms with Gasteiger partial charge in [-0.2, -0.15) is 5.10 Å². The van der Waals surface area contributed by atoms with Crippen molar-refractivity contribution in [2.75, 3.05) is 0 Å². The number of hydrogen-bond donors (Lipinski definition) is 1. The molecule has 1 saturated carbocycles. The summed E-state index contributed by atoms with van der Waals surface area (Å²) < 4.78 is 1.91. The molecule has 1 aromatic heterocycles. The number of carbonyl (C=O) groups is 1. The standard InChI is InChI=1S/C12H11N3O2/c16-12(17)9-3-1-8(2-4-9)11-13-7-14-15(11)10-5-6-10/h1-4,7,10H,5-6H2,(H,16,17). The quantitative estimate of drug-likeness (QED) is 0.873. The average Bonchev–Trinajstić information content (AvgIpc) is 3.07. The Morgan fingerprint density at radius 2 is 2.00 bits per heavy atom. The molecule has 2 aromatic rings. The van der Waals surface area contributed by atoms with Gasteiger partial charge in [-0.15, -0.1) is 0 Å². The Balaban J connectivity index is 1.97. The summed E-state index contributed by atoms with van der Waals surface area (Å²) in [6, 6.07) is 7.18. The fourth-order valence-corrected chi connectivity index (χ4v) is 1.80. The van der Waals surface area contributed by atoms with Gasteiger partial charge in [-0.1, -0.05) is 12.1 Å². The summed E-state index contributed by atoms with van der Waals surface area (Å²) in [6.07, 6.45) is 3.83. The van der Waals surface area contributed by atoms with E-state index in [0.29, 0.717) is 6.04 Å². The molecule has 1 aliphatic rings. The van der Waals surface area contributed by atoms with E-state index < -0.39 is 5.97 Å². The van der Waals surface area contributed by atoms with E-state index >= 15 is 0 Å². The van der Waals surface area contributed by atoms with Crippen LogP contribution in [0.5, 0.6) is 0 Å². The summed E-state index contributed by atoms with van der Waals surface area (Å²) in [4.78, 5) is 15.0. The first-order valence-corrected chi connectivity index (χ1v) is 5.49. The number of aromatic carboxylic acids is 1. The van der Waals surface area contributed by atoms with Crippen LogP contribution in [0.2, 0.25) is 0 Å². The molecule has 5 nitrogen and oxygen atoms in total. The maximum Gasteiger partial charge on any atom is 0.335 e. The van der Waals surface area contributed by atoms with E-state index in [9.17, 15) is 4.79 Å². The normalized spacial score (nSPS) is 14.8. The molecule has 1 aromatic carbocycles. The minimum Gasteiger partial charge on any atom is -0.478 e. The molecular formula is C12H11N3O2. The van der Waals surface area contributed by atoms with Crippen LogP contribution in [-0.4, -0.2) is 25.8 Å². The molecule has 1 aliphatic carbocycles. The minimum atomic E-state index is -0.916. The van der Waals surface area contributed by atoms with E-state index in [2.05, 4.69) is 10.1 Å². The second kappa shape index (κ2) is 3.69. The molecule has 0 amide bonds. The fourth-order valence-electron chi connectivity index (χ4n) is 1.80. The van der Waals surface area contributed by atoms with Gasteiger partial charge in [-0.25, -0.2) is 14.5 Å². The first-order chi connectivity index (χ1) is 8.25. The van der Waals surface area contributed by atoms with E-state index in [1.54, 1.807) is 30.6 Å². The highest BCUT2D eigenvalue weighted by Crippen LogP contribution is 2.36. The van der Waals surface area contributed by atoms with Crippen molar-refractivity contribution >= 4 is 5.97 Å². The summed E-state index contributed by atoms with van der Waals surface area (Å²) in [5, 5.41) is 13.0. The van der Waals surface area contributed by atoms with Gasteiger partial charge in [-0.3, -0.25) is 0 Å². The number of aromatic nitrogens is 3. The summed E-state index contributed by atoms with van der Waals surface area (Å²) in [6.45, 7) is 0. The predicted octanol–water partition coefficient (Wildman–Crippen LogP) is 1.98. The van der Waals surface area contributed by atoms with Crippen LogP contribution in [-0.2, 0) is 0 Å². The summed E-state index contributed by atoms with van der Waals surface area (Å²) in [5.41, 5.74) is 1.19. The Morgan fingerprint density at radius 3 is 2.59 bits per heavy atom. The Labute approximate surface area is 97.7 Å². The number of carboxylic acid groups (broad SMARTS) is 1. The summed E-state index contributed by atoms with van der Waals surface area (Å²) >= 11 is 0. The number of rotatable bonds is 3. The van der Waals surface area contributed by atoms with Crippen molar-refractivity contribution in [2.45, 2.75) is 18.9 Å². The van der Waals surface area contributed by atoms with Gasteiger partial charge in [0.1, 0.15) is 6.33 Å². The summed E-state index contributed by atoms with van der Waals surface area (Å²) in [5.74, 6) is -0.107. The molecule has 1 fully saturated rings. The van der Waals surface area contributed by atoms with Crippen LogP contribution in [0.25, 0.3) is 11.4 Å². The van der Waals surface area contributed by atoms with Gasteiger partial charge in [0.2, 0.25) is 0 Å². The van der Waals surface area contributed by atoms with Gasteiger partial charge in [0.25, 0.3) is 0 Å².